The molecule has 0 bridgehead atoms. The molecule has 0 amide bonds. The molecule has 1 saturated carbocycles. The minimum absolute atomic E-state index is 0.132. The maximum Gasteiger partial charge on any atom is 0.200 e. The smallest absolute Gasteiger partial charge is 0.200 e. The molecule has 1 aliphatic carbocycles. The summed E-state index contributed by atoms with van der Waals surface area (Å²) < 4.78 is 32.0. The fourth-order valence-electron chi connectivity index (χ4n) is 2.10. The topological polar surface area (TPSA) is 61.3 Å². The third-order valence-corrected chi connectivity index (χ3v) is 3.05. The predicted molar refractivity (Wildman–Crippen MR) is 61.6 cm³/mol. The van der Waals surface area contributed by atoms with Gasteiger partial charge in [0.15, 0.2) is 11.6 Å². The molecule has 0 aromatic heterocycles. The minimum Gasteiger partial charge on any atom is -0.486 e. The van der Waals surface area contributed by atoms with E-state index in [1.54, 1.807) is 0 Å². The summed E-state index contributed by atoms with van der Waals surface area (Å²) in [5.74, 6) is -2.15. The molecule has 0 unspecified atom stereocenters. The second kappa shape index (κ2) is 4.87. The summed E-state index contributed by atoms with van der Waals surface area (Å²) in [5.41, 5.74) is 11.5. The largest absolute Gasteiger partial charge is 0.486 e. The first-order valence-electron chi connectivity index (χ1n) is 5.74. The highest BCUT2D eigenvalue weighted by Gasteiger charge is 2.25. The van der Waals surface area contributed by atoms with Gasteiger partial charge in [-0.2, -0.15) is 4.39 Å². The lowest BCUT2D eigenvalue weighted by Crippen LogP contribution is -2.41. The zero-order valence-electron chi connectivity index (χ0n) is 9.46. The Balaban J connectivity index is 2.17. The van der Waals surface area contributed by atoms with Crippen molar-refractivity contribution in [3.05, 3.63) is 23.8 Å². The molecule has 5 heteroatoms. The van der Waals surface area contributed by atoms with Gasteiger partial charge in [0.2, 0.25) is 5.82 Å². The maximum absolute atomic E-state index is 13.5. The van der Waals surface area contributed by atoms with Crippen LogP contribution < -0.4 is 16.2 Å². The van der Waals surface area contributed by atoms with E-state index in [-0.39, 0.29) is 23.6 Å². The zero-order chi connectivity index (χ0) is 12.4. The number of ether oxygens (including phenoxy) is 1. The van der Waals surface area contributed by atoms with Crippen LogP contribution in [-0.2, 0) is 0 Å². The van der Waals surface area contributed by atoms with E-state index in [1.807, 2.05) is 0 Å². The maximum atomic E-state index is 13.5. The van der Waals surface area contributed by atoms with E-state index in [2.05, 4.69) is 0 Å². The van der Waals surface area contributed by atoms with E-state index in [0.717, 1.165) is 31.7 Å². The Morgan fingerprint density at radius 1 is 1.18 bits per heavy atom. The molecule has 3 nitrogen and oxygen atoms in total. The van der Waals surface area contributed by atoms with Crippen molar-refractivity contribution in [2.45, 2.75) is 37.8 Å². The van der Waals surface area contributed by atoms with Gasteiger partial charge in [0.05, 0.1) is 0 Å². The number of nitrogen functional groups attached to an aromatic ring is 1. The summed E-state index contributed by atoms with van der Waals surface area (Å²) in [6.07, 6.45) is 3.38. The van der Waals surface area contributed by atoms with Gasteiger partial charge >= 0.3 is 0 Å². The van der Waals surface area contributed by atoms with Gasteiger partial charge in [0.25, 0.3) is 0 Å². The molecule has 1 fully saturated rings. The van der Waals surface area contributed by atoms with Gasteiger partial charge in [-0.05, 0) is 19.3 Å². The highest BCUT2D eigenvalue weighted by atomic mass is 19.2. The molecular weight excluding hydrogens is 226 g/mol. The van der Waals surface area contributed by atoms with Crippen molar-refractivity contribution in [1.29, 1.82) is 0 Å². The molecule has 2 atom stereocenters. The highest BCUT2D eigenvalue weighted by Crippen LogP contribution is 2.28. The Hall–Kier alpha value is -1.36. The van der Waals surface area contributed by atoms with Crippen LogP contribution in [0.2, 0.25) is 0 Å². The molecular formula is C12H16F2N2O. The van der Waals surface area contributed by atoms with Crippen LogP contribution in [0.4, 0.5) is 14.5 Å². The van der Waals surface area contributed by atoms with Crippen LogP contribution in [0.15, 0.2) is 12.1 Å². The molecule has 1 aliphatic rings. The van der Waals surface area contributed by atoms with E-state index in [0.29, 0.717) is 0 Å². The summed E-state index contributed by atoms with van der Waals surface area (Å²) >= 11 is 0. The van der Waals surface area contributed by atoms with Gasteiger partial charge in [-0.15, -0.1) is 0 Å². The van der Waals surface area contributed by atoms with Crippen molar-refractivity contribution < 1.29 is 13.5 Å². The molecule has 0 heterocycles. The van der Waals surface area contributed by atoms with E-state index in [9.17, 15) is 8.78 Å². The standard InChI is InChI=1S/C12H16F2N2O/c13-8-5-7(15)6-11(12(8)14)17-10-4-2-1-3-9(10)16/h5-6,9-10H,1-4,15-16H2/t9-,10-/m0/s1. The zero-order valence-corrected chi connectivity index (χ0v) is 9.46. The molecule has 1 aromatic carbocycles. The van der Waals surface area contributed by atoms with Crippen LogP contribution >= 0.6 is 0 Å². The number of benzene rings is 1. The molecule has 94 valence electrons. The number of halogens is 2. The summed E-state index contributed by atoms with van der Waals surface area (Å²) in [6.45, 7) is 0. The molecule has 1 aromatic rings. The lowest BCUT2D eigenvalue weighted by molar-refractivity contribution is 0.126. The van der Waals surface area contributed by atoms with Crippen LogP contribution in [0.5, 0.6) is 5.75 Å². The Labute approximate surface area is 98.7 Å². The van der Waals surface area contributed by atoms with Crippen LogP contribution in [0.3, 0.4) is 0 Å². The fourth-order valence-corrected chi connectivity index (χ4v) is 2.10. The Bertz CT molecular complexity index is 412. The lowest BCUT2D eigenvalue weighted by Gasteiger charge is -2.29. The average molecular weight is 242 g/mol. The summed E-state index contributed by atoms with van der Waals surface area (Å²) in [6, 6.07) is 2.09. The summed E-state index contributed by atoms with van der Waals surface area (Å²) in [5, 5.41) is 0. The van der Waals surface area contributed by atoms with Gasteiger partial charge < -0.3 is 16.2 Å². The van der Waals surface area contributed by atoms with Crippen LogP contribution in [-0.4, -0.2) is 12.1 Å². The monoisotopic (exact) mass is 242 g/mol. The molecule has 17 heavy (non-hydrogen) atoms. The van der Waals surface area contributed by atoms with Crippen molar-refractivity contribution in [3.63, 3.8) is 0 Å². The third kappa shape index (κ3) is 2.66. The van der Waals surface area contributed by atoms with Crippen molar-refractivity contribution in [3.8, 4) is 5.75 Å². The summed E-state index contributed by atoms with van der Waals surface area (Å²) in [7, 11) is 0. The molecule has 0 aliphatic heterocycles. The van der Waals surface area contributed by atoms with Crippen LogP contribution in [0.1, 0.15) is 25.7 Å². The minimum atomic E-state index is -1.00. The van der Waals surface area contributed by atoms with Gasteiger partial charge in [-0.1, -0.05) is 6.42 Å². The average Bonchev–Trinajstić information content (AvgIpc) is 2.28. The van der Waals surface area contributed by atoms with Gasteiger partial charge in [-0.25, -0.2) is 4.39 Å². The molecule has 2 rings (SSSR count). The second-order valence-electron chi connectivity index (χ2n) is 4.42. The number of nitrogens with two attached hydrogens (primary N) is 2. The van der Waals surface area contributed by atoms with Crippen molar-refractivity contribution >= 4 is 5.69 Å². The molecule has 4 N–H and O–H groups in total. The number of rotatable bonds is 2. The first-order chi connectivity index (χ1) is 8.08. The number of hydrogen-bond donors (Lipinski definition) is 2. The fraction of sp³-hybridized carbons (Fsp3) is 0.500. The first-order valence-corrected chi connectivity index (χ1v) is 5.74. The predicted octanol–water partition coefficient (Wildman–Crippen LogP) is 2.20. The van der Waals surface area contributed by atoms with E-state index in [1.165, 1.54) is 6.07 Å². The van der Waals surface area contributed by atoms with Gasteiger partial charge in [0, 0.05) is 23.9 Å². The number of hydrogen-bond acceptors (Lipinski definition) is 3. The SMILES string of the molecule is Nc1cc(F)c(F)c(O[C@H]2CCCC[C@@H]2N)c1. The quantitative estimate of drug-likeness (QED) is 0.781. The molecule has 0 saturated heterocycles. The van der Waals surface area contributed by atoms with E-state index < -0.39 is 11.6 Å². The summed E-state index contributed by atoms with van der Waals surface area (Å²) in [4.78, 5) is 0. The Morgan fingerprint density at radius 2 is 1.88 bits per heavy atom. The Morgan fingerprint density at radius 3 is 2.59 bits per heavy atom. The lowest BCUT2D eigenvalue weighted by atomic mass is 9.93. The van der Waals surface area contributed by atoms with E-state index >= 15 is 0 Å². The Kier molecular flexibility index (Phi) is 3.47. The third-order valence-electron chi connectivity index (χ3n) is 3.05. The van der Waals surface area contributed by atoms with E-state index in [4.69, 9.17) is 16.2 Å². The second-order valence-corrected chi connectivity index (χ2v) is 4.42. The van der Waals surface area contributed by atoms with Gasteiger partial charge in [0.1, 0.15) is 6.10 Å². The normalized spacial score (nSPS) is 24.6. The van der Waals surface area contributed by atoms with Crippen LogP contribution in [0.25, 0.3) is 0 Å². The highest BCUT2D eigenvalue weighted by molar-refractivity contribution is 5.45. The van der Waals surface area contributed by atoms with Crippen LogP contribution in [0, 0.1) is 11.6 Å². The van der Waals surface area contributed by atoms with Crippen molar-refractivity contribution in [1.82, 2.24) is 0 Å². The van der Waals surface area contributed by atoms with Crippen molar-refractivity contribution in [2.24, 2.45) is 5.73 Å². The van der Waals surface area contributed by atoms with Gasteiger partial charge in [-0.3, -0.25) is 0 Å². The first kappa shape index (κ1) is 12.1. The number of anilines is 1. The molecule has 0 radical (unpaired) electrons. The molecule has 0 spiro atoms. The van der Waals surface area contributed by atoms with Crippen molar-refractivity contribution in [2.75, 3.05) is 5.73 Å².